The maximum absolute atomic E-state index is 14.3. The quantitative estimate of drug-likeness (QED) is 0.752. The molecule has 0 aliphatic carbocycles. The third-order valence-electron chi connectivity index (χ3n) is 4.98. The minimum atomic E-state index is -0.895. The topological polar surface area (TPSA) is 63.4 Å². The van der Waals surface area contributed by atoms with Crippen LogP contribution in [0.2, 0.25) is 0 Å². The minimum Gasteiger partial charge on any atom is -0.321 e. The van der Waals surface area contributed by atoms with E-state index < -0.39 is 35.4 Å². The van der Waals surface area contributed by atoms with Gasteiger partial charge in [0, 0.05) is 12.1 Å². The second kappa shape index (κ2) is 8.66. The summed E-state index contributed by atoms with van der Waals surface area (Å²) in [5.74, 6) is -2.37. The molecule has 4 nitrogen and oxygen atoms in total. The van der Waals surface area contributed by atoms with Crippen LogP contribution in [-0.2, 0) is 9.59 Å². The van der Waals surface area contributed by atoms with Crippen LogP contribution in [0.5, 0.6) is 0 Å². The molecule has 1 heterocycles. The molecule has 3 rings (SSSR count). The zero-order valence-corrected chi connectivity index (χ0v) is 16.4. The third-order valence-corrected chi connectivity index (χ3v) is 4.98. The van der Waals surface area contributed by atoms with Gasteiger partial charge in [0.2, 0.25) is 5.78 Å². The van der Waals surface area contributed by atoms with Crippen LogP contribution >= 0.6 is 0 Å². The molecule has 2 atom stereocenters. The molecule has 0 radical (unpaired) electrons. The Morgan fingerprint density at radius 3 is 2.48 bits per heavy atom. The summed E-state index contributed by atoms with van der Waals surface area (Å²) in [5, 5.41) is 0. The normalized spacial score (nSPS) is 17.4. The summed E-state index contributed by atoms with van der Waals surface area (Å²) < 4.78 is 28.0. The summed E-state index contributed by atoms with van der Waals surface area (Å²) in [4.78, 5) is 27.0. The van der Waals surface area contributed by atoms with E-state index in [1.54, 1.807) is 6.08 Å². The maximum Gasteiger partial charge on any atom is 0.292 e. The van der Waals surface area contributed by atoms with Crippen molar-refractivity contribution in [3.8, 4) is 0 Å². The Balaban J connectivity index is 1.95. The lowest BCUT2D eigenvalue weighted by atomic mass is 9.99. The standard InChI is InChI=1S/C23H24F2N2O2/c1-14(2)10-20(26)22(28)23(29)27-13-16(18-12-17(24)8-9-19(18)25)11-21(27)15-6-4-3-5-7-15/h3-9,11-12,14,20-21H,10,13,26H2,1-2H3/t20-,21-/m0/s1. The Morgan fingerprint density at radius 2 is 1.83 bits per heavy atom. The molecule has 0 aromatic heterocycles. The molecule has 0 bridgehead atoms. The Bertz CT molecular complexity index is 941. The van der Waals surface area contributed by atoms with Gasteiger partial charge in [-0.1, -0.05) is 50.3 Å². The third kappa shape index (κ3) is 4.59. The zero-order chi connectivity index (χ0) is 21.1. The van der Waals surface area contributed by atoms with E-state index in [9.17, 15) is 18.4 Å². The van der Waals surface area contributed by atoms with Crippen molar-refractivity contribution in [2.75, 3.05) is 6.54 Å². The van der Waals surface area contributed by atoms with Crippen molar-refractivity contribution in [3.05, 3.63) is 77.4 Å². The first-order valence-electron chi connectivity index (χ1n) is 9.59. The van der Waals surface area contributed by atoms with Gasteiger partial charge in [0.15, 0.2) is 0 Å². The van der Waals surface area contributed by atoms with Crippen molar-refractivity contribution >= 4 is 17.3 Å². The number of nitrogens with zero attached hydrogens (tertiary/aromatic N) is 1. The molecule has 0 fully saturated rings. The second-order valence-electron chi connectivity index (χ2n) is 7.70. The first-order valence-corrected chi connectivity index (χ1v) is 9.59. The van der Waals surface area contributed by atoms with Crippen molar-refractivity contribution < 1.29 is 18.4 Å². The molecule has 2 N–H and O–H groups in total. The highest BCUT2D eigenvalue weighted by Gasteiger charge is 2.36. The molecule has 1 aliphatic rings. The molecule has 0 unspecified atom stereocenters. The van der Waals surface area contributed by atoms with Crippen LogP contribution in [0.25, 0.3) is 5.57 Å². The van der Waals surface area contributed by atoms with E-state index in [0.717, 1.165) is 23.8 Å². The smallest absolute Gasteiger partial charge is 0.292 e. The predicted octanol–water partition coefficient (Wildman–Crippen LogP) is 3.87. The molecular formula is C23H24F2N2O2. The second-order valence-corrected chi connectivity index (χ2v) is 7.70. The molecule has 2 aromatic carbocycles. The molecule has 29 heavy (non-hydrogen) atoms. The van der Waals surface area contributed by atoms with Crippen LogP contribution < -0.4 is 5.73 Å². The summed E-state index contributed by atoms with van der Waals surface area (Å²) in [6, 6.07) is 10.9. The van der Waals surface area contributed by atoms with Crippen LogP contribution in [0.3, 0.4) is 0 Å². The lowest BCUT2D eigenvalue weighted by Gasteiger charge is -2.26. The van der Waals surface area contributed by atoms with Gasteiger partial charge in [-0.2, -0.15) is 0 Å². The van der Waals surface area contributed by atoms with Gasteiger partial charge in [0.05, 0.1) is 12.1 Å². The highest BCUT2D eigenvalue weighted by molar-refractivity contribution is 6.38. The first-order chi connectivity index (χ1) is 13.8. The van der Waals surface area contributed by atoms with Gasteiger partial charge in [-0.3, -0.25) is 9.59 Å². The van der Waals surface area contributed by atoms with Crippen molar-refractivity contribution in [2.45, 2.75) is 32.4 Å². The number of rotatable bonds is 6. The number of carbonyl (C=O) groups is 2. The number of halogens is 2. The Kier molecular flexibility index (Phi) is 6.23. The highest BCUT2D eigenvalue weighted by atomic mass is 19.1. The number of carbonyl (C=O) groups excluding carboxylic acids is 2. The van der Waals surface area contributed by atoms with Gasteiger partial charge in [0.25, 0.3) is 5.91 Å². The van der Waals surface area contributed by atoms with E-state index in [0.29, 0.717) is 12.0 Å². The van der Waals surface area contributed by atoms with E-state index in [1.165, 1.54) is 4.90 Å². The van der Waals surface area contributed by atoms with E-state index in [-0.39, 0.29) is 18.0 Å². The molecule has 0 spiro atoms. The summed E-state index contributed by atoms with van der Waals surface area (Å²) in [6.45, 7) is 3.85. The average Bonchev–Trinajstić information content (AvgIpc) is 3.14. The maximum atomic E-state index is 14.3. The molecule has 1 aliphatic heterocycles. The molecule has 0 saturated carbocycles. The monoisotopic (exact) mass is 398 g/mol. The van der Waals surface area contributed by atoms with Crippen molar-refractivity contribution in [1.29, 1.82) is 0 Å². The minimum absolute atomic E-state index is 0.00109. The van der Waals surface area contributed by atoms with Gasteiger partial charge in [-0.15, -0.1) is 0 Å². The summed E-state index contributed by atoms with van der Waals surface area (Å²) >= 11 is 0. The lowest BCUT2D eigenvalue weighted by Crippen LogP contribution is -2.45. The number of nitrogens with two attached hydrogens (primary N) is 1. The summed E-state index contributed by atoms with van der Waals surface area (Å²) in [6.07, 6.45) is 2.10. The van der Waals surface area contributed by atoms with Crippen molar-refractivity contribution in [1.82, 2.24) is 4.90 Å². The van der Waals surface area contributed by atoms with Crippen molar-refractivity contribution in [3.63, 3.8) is 0 Å². The molecular weight excluding hydrogens is 374 g/mol. The van der Waals surface area contributed by atoms with Crippen LogP contribution in [-0.4, -0.2) is 29.2 Å². The highest BCUT2D eigenvalue weighted by Crippen LogP contribution is 2.36. The number of Topliss-reactive ketones (excluding diaryl/α,β-unsaturated/α-hetero) is 1. The average molecular weight is 398 g/mol. The van der Waals surface area contributed by atoms with E-state index in [2.05, 4.69) is 0 Å². The Morgan fingerprint density at radius 1 is 1.14 bits per heavy atom. The van der Waals surface area contributed by atoms with Crippen LogP contribution in [0, 0.1) is 17.6 Å². The lowest BCUT2D eigenvalue weighted by molar-refractivity contribution is -0.145. The van der Waals surface area contributed by atoms with Gasteiger partial charge in [-0.05, 0) is 41.7 Å². The molecule has 6 heteroatoms. The number of amides is 1. The van der Waals surface area contributed by atoms with Gasteiger partial charge >= 0.3 is 0 Å². The molecule has 1 amide bonds. The first kappa shape index (κ1) is 20.9. The van der Waals surface area contributed by atoms with E-state index >= 15 is 0 Å². The molecule has 152 valence electrons. The Labute approximate surface area is 169 Å². The Hall–Kier alpha value is -2.86. The zero-order valence-electron chi connectivity index (χ0n) is 16.4. The largest absolute Gasteiger partial charge is 0.321 e. The van der Waals surface area contributed by atoms with Crippen LogP contribution in [0.15, 0.2) is 54.6 Å². The van der Waals surface area contributed by atoms with Gasteiger partial charge in [-0.25, -0.2) is 8.78 Å². The number of ketones is 1. The summed E-state index contributed by atoms with van der Waals surface area (Å²) in [7, 11) is 0. The SMILES string of the molecule is CC(C)C[C@H](N)C(=O)C(=O)N1CC(c2cc(F)ccc2F)=C[C@H]1c1ccccc1. The fourth-order valence-electron chi connectivity index (χ4n) is 3.57. The molecule has 0 saturated heterocycles. The van der Waals surface area contributed by atoms with Crippen molar-refractivity contribution in [2.24, 2.45) is 11.7 Å². The van der Waals surface area contributed by atoms with E-state index in [4.69, 9.17) is 5.73 Å². The van der Waals surface area contributed by atoms with Crippen LogP contribution in [0.1, 0.15) is 37.4 Å². The predicted molar refractivity (Wildman–Crippen MR) is 108 cm³/mol. The van der Waals surface area contributed by atoms with Gasteiger partial charge in [0.1, 0.15) is 11.6 Å². The molecule has 2 aromatic rings. The number of benzene rings is 2. The fourth-order valence-corrected chi connectivity index (χ4v) is 3.57. The van der Waals surface area contributed by atoms with Gasteiger partial charge < -0.3 is 10.6 Å². The summed E-state index contributed by atoms with van der Waals surface area (Å²) in [5.41, 5.74) is 7.25. The number of hydrogen-bond donors (Lipinski definition) is 1. The van der Waals surface area contributed by atoms with Crippen LogP contribution in [0.4, 0.5) is 8.78 Å². The fraction of sp³-hybridized carbons (Fsp3) is 0.304. The number of hydrogen-bond acceptors (Lipinski definition) is 3. The van der Waals surface area contributed by atoms with E-state index in [1.807, 2.05) is 44.2 Å².